The normalized spacial score (nSPS) is 11.5. The maximum absolute atomic E-state index is 12.5. The molecule has 0 aliphatic heterocycles. The van der Waals surface area contributed by atoms with E-state index in [0.29, 0.717) is 5.56 Å². The van der Waals surface area contributed by atoms with Gasteiger partial charge in [0.2, 0.25) is 5.91 Å². The summed E-state index contributed by atoms with van der Waals surface area (Å²) in [6.45, 7) is -0.326. The van der Waals surface area contributed by atoms with Gasteiger partial charge in [0, 0.05) is 11.5 Å². The highest BCUT2D eigenvalue weighted by atomic mass is 16.4. The van der Waals surface area contributed by atoms with Gasteiger partial charge in [-0.05, 0) is 23.3 Å². The van der Waals surface area contributed by atoms with Gasteiger partial charge in [-0.15, -0.1) is 0 Å². The first-order chi connectivity index (χ1) is 14.6. The molecule has 6 heteroatoms. The topological polar surface area (TPSA) is 95.5 Å². The number of hydrogen-bond donors (Lipinski definition) is 3. The molecule has 1 atom stereocenters. The predicted octanol–water partition coefficient (Wildman–Crippen LogP) is 2.82. The van der Waals surface area contributed by atoms with Crippen molar-refractivity contribution < 1.29 is 19.5 Å². The summed E-state index contributed by atoms with van der Waals surface area (Å²) in [5.74, 6) is -2.72. The second-order valence-corrected chi connectivity index (χ2v) is 6.73. The summed E-state index contributed by atoms with van der Waals surface area (Å²) in [5, 5.41) is 15.0. The SMILES string of the molecule is O=C(CNC(=O)c1ccccc1)N[C@H](C(=O)O)C(c1ccccc1)c1ccccc1. The van der Waals surface area contributed by atoms with Crippen LogP contribution in [0.2, 0.25) is 0 Å². The lowest BCUT2D eigenvalue weighted by Gasteiger charge is -2.26. The van der Waals surface area contributed by atoms with Crippen molar-refractivity contribution in [1.29, 1.82) is 0 Å². The number of benzene rings is 3. The van der Waals surface area contributed by atoms with Crippen LogP contribution in [0.25, 0.3) is 0 Å². The quantitative estimate of drug-likeness (QED) is 0.540. The lowest BCUT2D eigenvalue weighted by Crippen LogP contribution is -2.48. The number of rotatable bonds is 8. The van der Waals surface area contributed by atoms with Crippen LogP contribution in [0.4, 0.5) is 0 Å². The molecule has 6 nitrogen and oxygen atoms in total. The van der Waals surface area contributed by atoms with Gasteiger partial charge in [-0.1, -0.05) is 78.9 Å². The number of carboxylic acids is 1. The highest BCUT2D eigenvalue weighted by Gasteiger charge is 2.32. The van der Waals surface area contributed by atoms with Crippen LogP contribution in [0, 0.1) is 0 Å². The average Bonchev–Trinajstić information content (AvgIpc) is 2.79. The zero-order valence-electron chi connectivity index (χ0n) is 16.2. The highest BCUT2D eigenvalue weighted by Crippen LogP contribution is 2.28. The Morgan fingerprint density at radius 3 is 1.67 bits per heavy atom. The first-order valence-electron chi connectivity index (χ1n) is 9.51. The third-order valence-electron chi connectivity index (χ3n) is 4.68. The number of hydrogen-bond acceptors (Lipinski definition) is 3. The fraction of sp³-hybridized carbons (Fsp3) is 0.125. The molecule has 3 aromatic carbocycles. The van der Waals surface area contributed by atoms with E-state index in [9.17, 15) is 19.5 Å². The molecule has 3 rings (SSSR count). The number of amides is 2. The molecule has 0 spiro atoms. The van der Waals surface area contributed by atoms with E-state index in [-0.39, 0.29) is 6.54 Å². The summed E-state index contributed by atoms with van der Waals surface area (Å²) in [7, 11) is 0. The number of carbonyl (C=O) groups is 3. The minimum Gasteiger partial charge on any atom is -0.480 e. The monoisotopic (exact) mass is 402 g/mol. The molecule has 0 unspecified atom stereocenters. The molecule has 30 heavy (non-hydrogen) atoms. The van der Waals surface area contributed by atoms with E-state index >= 15 is 0 Å². The van der Waals surface area contributed by atoms with Crippen molar-refractivity contribution >= 4 is 17.8 Å². The van der Waals surface area contributed by atoms with Gasteiger partial charge in [0.25, 0.3) is 5.91 Å². The average molecular weight is 402 g/mol. The molecule has 2 amide bonds. The molecule has 0 heterocycles. The fourth-order valence-corrected chi connectivity index (χ4v) is 3.26. The maximum atomic E-state index is 12.5. The van der Waals surface area contributed by atoms with E-state index in [1.807, 2.05) is 60.7 Å². The van der Waals surface area contributed by atoms with Crippen molar-refractivity contribution in [3.8, 4) is 0 Å². The largest absolute Gasteiger partial charge is 0.480 e. The maximum Gasteiger partial charge on any atom is 0.327 e. The van der Waals surface area contributed by atoms with E-state index in [4.69, 9.17) is 0 Å². The Hall–Kier alpha value is -3.93. The summed E-state index contributed by atoms with van der Waals surface area (Å²) in [4.78, 5) is 36.7. The number of nitrogens with one attached hydrogen (secondary N) is 2. The van der Waals surface area contributed by atoms with E-state index in [1.165, 1.54) is 0 Å². The van der Waals surface area contributed by atoms with E-state index < -0.39 is 29.7 Å². The second kappa shape index (κ2) is 10.0. The number of carboxylic acid groups (broad SMARTS) is 1. The Morgan fingerprint density at radius 1 is 0.733 bits per heavy atom. The van der Waals surface area contributed by atoms with Crippen molar-refractivity contribution in [2.75, 3.05) is 6.54 Å². The van der Waals surface area contributed by atoms with E-state index in [1.54, 1.807) is 30.3 Å². The Morgan fingerprint density at radius 2 is 1.20 bits per heavy atom. The fourth-order valence-electron chi connectivity index (χ4n) is 3.26. The first kappa shape index (κ1) is 20.8. The molecule has 0 aliphatic rings. The van der Waals surface area contributed by atoms with Crippen LogP contribution >= 0.6 is 0 Å². The van der Waals surface area contributed by atoms with Crippen LogP contribution in [0.5, 0.6) is 0 Å². The molecule has 0 saturated heterocycles. The standard InChI is InChI=1S/C24H22N2O4/c27-20(16-25-23(28)19-14-8-3-9-15-19)26-22(24(29)30)21(17-10-4-1-5-11-17)18-12-6-2-7-13-18/h1-15,21-22H,16H2,(H,25,28)(H,26,27)(H,29,30)/t22-/m0/s1. The summed E-state index contributed by atoms with van der Waals surface area (Å²) in [5.41, 5.74) is 1.96. The third kappa shape index (κ3) is 5.32. The molecular weight excluding hydrogens is 380 g/mol. The molecule has 3 aromatic rings. The molecule has 0 aliphatic carbocycles. The Kier molecular flexibility index (Phi) is 6.95. The smallest absolute Gasteiger partial charge is 0.327 e. The summed E-state index contributed by atoms with van der Waals surface area (Å²) in [6, 6.07) is 25.6. The van der Waals surface area contributed by atoms with Crippen LogP contribution in [0.15, 0.2) is 91.0 Å². The first-order valence-corrected chi connectivity index (χ1v) is 9.51. The van der Waals surface area contributed by atoms with Gasteiger partial charge in [-0.25, -0.2) is 4.79 Å². The summed E-state index contributed by atoms with van der Waals surface area (Å²) in [6.07, 6.45) is 0. The molecule has 152 valence electrons. The van der Waals surface area contributed by atoms with Crippen LogP contribution in [0.1, 0.15) is 27.4 Å². The highest BCUT2D eigenvalue weighted by molar-refractivity contribution is 5.96. The predicted molar refractivity (Wildman–Crippen MR) is 113 cm³/mol. The van der Waals surface area contributed by atoms with Gasteiger partial charge in [-0.3, -0.25) is 9.59 Å². The van der Waals surface area contributed by atoms with Crippen molar-refractivity contribution in [3.63, 3.8) is 0 Å². The van der Waals surface area contributed by atoms with Crippen LogP contribution in [0.3, 0.4) is 0 Å². The lowest BCUT2D eigenvalue weighted by atomic mass is 9.85. The minimum absolute atomic E-state index is 0.326. The van der Waals surface area contributed by atoms with Crippen molar-refractivity contribution in [3.05, 3.63) is 108 Å². The molecule has 0 saturated carbocycles. The number of carbonyl (C=O) groups excluding carboxylic acids is 2. The second-order valence-electron chi connectivity index (χ2n) is 6.73. The summed E-state index contributed by atoms with van der Waals surface area (Å²) < 4.78 is 0. The van der Waals surface area contributed by atoms with Crippen molar-refractivity contribution in [2.24, 2.45) is 0 Å². The zero-order chi connectivity index (χ0) is 21.3. The molecule has 0 bridgehead atoms. The summed E-state index contributed by atoms with van der Waals surface area (Å²) >= 11 is 0. The number of aliphatic carboxylic acids is 1. The van der Waals surface area contributed by atoms with Crippen LogP contribution < -0.4 is 10.6 Å². The molecule has 3 N–H and O–H groups in total. The zero-order valence-corrected chi connectivity index (χ0v) is 16.2. The Bertz CT molecular complexity index is 952. The van der Waals surface area contributed by atoms with Gasteiger partial charge in [-0.2, -0.15) is 0 Å². The van der Waals surface area contributed by atoms with E-state index in [2.05, 4.69) is 10.6 Å². The Labute approximate surface area is 174 Å². The van der Waals surface area contributed by atoms with E-state index in [0.717, 1.165) is 11.1 Å². The van der Waals surface area contributed by atoms with Gasteiger partial charge in [0.15, 0.2) is 0 Å². The van der Waals surface area contributed by atoms with Crippen LogP contribution in [-0.4, -0.2) is 35.5 Å². The van der Waals surface area contributed by atoms with Gasteiger partial charge in [0.05, 0.1) is 6.54 Å². The molecule has 0 fully saturated rings. The van der Waals surface area contributed by atoms with Crippen molar-refractivity contribution in [1.82, 2.24) is 10.6 Å². The van der Waals surface area contributed by atoms with Gasteiger partial charge >= 0.3 is 5.97 Å². The van der Waals surface area contributed by atoms with Crippen LogP contribution in [-0.2, 0) is 9.59 Å². The lowest BCUT2D eigenvalue weighted by molar-refractivity contribution is -0.142. The molecule has 0 aromatic heterocycles. The van der Waals surface area contributed by atoms with Gasteiger partial charge < -0.3 is 15.7 Å². The third-order valence-corrected chi connectivity index (χ3v) is 4.68. The van der Waals surface area contributed by atoms with Crippen molar-refractivity contribution in [2.45, 2.75) is 12.0 Å². The molecule has 0 radical (unpaired) electrons. The van der Waals surface area contributed by atoms with Gasteiger partial charge in [0.1, 0.15) is 6.04 Å². The Balaban J connectivity index is 1.76. The minimum atomic E-state index is -1.20. The molecular formula is C24H22N2O4.